The van der Waals surface area contributed by atoms with Crippen LogP contribution in [0, 0.1) is 0 Å². The molecule has 8 heteroatoms. The zero-order valence-corrected chi connectivity index (χ0v) is 20.4. The molecule has 32 heavy (non-hydrogen) atoms. The first-order chi connectivity index (χ1) is 15.0. The summed E-state index contributed by atoms with van der Waals surface area (Å²) < 4.78 is 23.6. The molecule has 1 aliphatic heterocycles. The van der Waals surface area contributed by atoms with E-state index in [4.69, 9.17) is 0 Å². The average Bonchev–Trinajstić information content (AvgIpc) is 3.26. The number of carbonyl (C=O) groups excluding carboxylic acids is 2. The first-order valence-electron chi connectivity index (χ1n) is 11.1. The lowest BCUT2D eigenvalue weighted by Gasteiger charge is -2.19. The average molecular weight is 475 g/mol. The monoisotopic (exact) mass is 474 g/mol. The highest BCUT2D eigenvalue weighted by molar-refractivity contribution is 7.91. The van der Waals surface area contributed by atoms with Gasteiger partial charge in [0.2, 0.25) is 0 Å². The summed E-state index contributed by atoms with van der Waals surface area (Å²) >= 11 is 1.47. The smallest absolute Gasteiger partial charge is 0.256 e. The largest absolute Gasteiger partial charge is 0.348 e. The molecule has 2 amide bonds. The molecule has 4 rings (SSSR count). The summed E-state index contributed by atoms with van der Waals surface area (Å²) in [5.41, 5.74) is 3.19. The number of nitrogens with one attached hydrogen (secondary N) is 2. The van der Waals surface area contributed by atoms with Gasteiger partial charge >= 0.3 is 0 Å². The fourth-order valence-electron chi connectivity index (χ4n) is 4.36. The minimum Gasteiger partial charge on any atom is -0.348 e. The lowest BCUT2D eigenvalue weighted by molar-refractivity contribution is 0.0941. The highest BCUT2D eigenvalue weighted by atomic mass is 32.2. The lowest BCUT2D eigenvalue weighted by atomic mass is 9.87. The zero-order chi connectivity index (χ0) is 23.1. The molecule has 1 aromatic carbocycles. The summed E-state index contributed by atoms with van der Waals surface area (Å²) in [4.78, 5) is 27.3. The second-order valence-corrected chi connectivity index (χ2v) is 13.1. The summed E-state index contributed by atoms with van der Waals surface area (Å²) in [5.74, 6) is -0.452. The molecule has 1 atom stereocenters. The van der Waals surface area contributed by atoms with E-state index in [1.165, 1.54) is 11.3 Å². The number of fused-ring (bicyclic) bond motifs is 1. The van der Waals surface area contributed by atoms with Gasteiger partial charge in [-0.25, -0.2) is 8.42 Å². The standard InChI is InChI=1S/C24H30N2O4S2/c1-24(2,3)16-10-8-15(9-11-16)21(27)26-23-20(18-6-4-5-7-19(18)31-23)22(28)25-17-12-13-32(29,30)14-17/h8-11,17H,4-7,12-14H2,1-3H3,(H,25,28)(H,26,27)/t17-/m0/s1. The molecule has 2 aromatic rings. The Labute approximate surface area is 193 Å². The fourth-order valence-corrected chi connectivity index (χ4v) is 7.31. The molecule has 2 heterocycles. The van der Waals surface area contributed by atoms with Gasteiger partial charge in [-0.05, 0) is 60.8 Å². The first-order valence-corrected chi connectivity index (χ1v) is 13.7. The maximum atomic E-state index is 13.2. The van der Waals surface area contributed by atoms with E-state index in [1.54, 1.807) is 0 Å². The number of thiophene rings is 1. The Kier molecular flexibility index (Phi) is 6.20. The van der Waals surface area contributed by atoms with Crippen LogP contribution in [0.1, 0.15) is 76.8 Å². The van der Waals surface area contributed by atoms with E-state index in [2.05, 4.69) is 31.4 Å². The van der Waals surface area contributed by atoms with Crippen molar-refractivity contribution in [3.63, 3.8) is 0 Å². The predicted molar refractivity (Wildman–Crippen MR) is 129 cm³/mol. The highest BCUT2D eigenvalue weighted by Gasteiger charge is 2.32. The Bertz CT molecular complexity index is 1140. The Hall–Kier alpha value is -2.19. The molecule has 0 radical (unpaired) electrons. The maximum Gasteiger partial charge on any atom is 0.256 e. The van der Waals surface area contributed by atoms with Crippen molar-refractivity contribution in [2.45, 2.75) is 64.3 Å². The van der Waals surface area contributed by atoms with Gasteiger partial charge in [0.05, 0.1) is 17.1 Å². The van der Waals surface area contributed by atoms with Crippen LogP contribution in [0.4, 0.5) is 5.00 Å². The van der Waals surface area contributed by atoms with Crippen molar-refractivity contribution in [3.05, 3.63) is 51.4 Å². The van der Waals surface area contributed by atoms with Crippen LogP contribution in [0.15, 0.2) is 24.3 Å². The van der Waals surface area contributed by atoms with Crippen LogP contribution in [-0.2, 0) is 28.1 Å². The van der Waals surface area contributed by atoms with Crippen molar-refractivity contribution in [1.82, 2.24) is 5.32 Å². The number of sulfone groups is 1. The van der Waals surface area contributed by atoms with Crippen LogP contribution in [0.25, 0.3) is 0 Å². The van der Waals surface area contributed by atoms with Crippen LogP contribution in [0.5, 0.6) is 0 Å². The Morgan fingerprint density at radius 3 is 2.34 bits per heavy atom. The minimum absolute atomic E-state index is 0.000784. The van der Waals surface area contributed by atoms with Crippen LogP contribution in [0.2, 0.25) is 0 Å². The molecule has 0 bridgehead atoms. The van der Waals surface area contributed by atoms with E-state index >= 15 is 0 Å². The van der Waals surface area contributed by atoms with E-state index < -0.39 is 9.84 Å². The van der Waals surface area contributed by atoms with Crippen LogP contribution in [0.3, 0.4) is 0 Å². The van der Waals surface area contributed by atoms with Gasteiger partial charge in [0, 0.05) is 16.5 Å². The molecule has 0 saturated carbocycles. The number of rotatable bonds is 4. The zero-order valence-electron chi connectivity index (χ0n) is 18.8. The number of hydrogen-bond donors (Lipinski definition) is 2. The summed E-state index contributed by atoms with van der Waals surface area (Å²) in [6, 6.07) is 7.17. The van der Waals surface area contributed by atoms with Gasteiger partial charge in [0.1, 0.15) is 5.00 Å². The quantitative estimate of drug-likeness (QED) is 0.698. The van der Waals surface area contributed by atoms with Gasteiger partial charge in [-0.3, -0.25) is 9.59 Å². The van der Waals surface area contributed by atoms with Gasteiger partial charge in [0.15, 0.2) is 9.84 Å². The second kappa shape index (κ2) is 8.63. The predicted octanol–water partition coefficient (Wildman–Crippen LogP) is 4.09. The van der Waals surface area contributed by atoms with E-state index in [1.807, 2.05) is 24.3 Å². The molecule has 0 spiro atoms. The maximum absolute atomic E-state index is 13.2. The van der Waals surface area contributed by atoms with E-state index in [0.29, 0.717) is 22.5 Å². The molecule has 1 saturated heterocycles. The number of anilines is 1. The summed E-state index contributed by atoms with van der Waals surface area (Å²) in [5, 5.41) is 6.42. The molecule has 2 N–H and O–H groups in total. The molecule has 6 nitrogen and oxygen atoms in total. The SMILES string of the molecule is CC(C)(C)c1ccc(C(=O)Nc2sc3c(c2C(=O)N[C@H]2CCS(=O)(=O)C2)CCCC3)cc1. The number of aryl methyl sites for hydroxylation is 1. The third-order valence-electron chi connectivity index (χ3n) is 6.21. The third-order valence-corrected chi connectivity index (χ3v) is 9.18. The van der Waals surface area contributed by atoms with Crippen molar-refractivity contribution in [3.8, 4) is 0 Å². The summed E-state index contributed by atoms with van der Waals surface area (Å²) in [6.45, 7) is 6.37. The Morgan fingerprint density at radius 2 is 1.72 bits per heavy atom. The topological polar surface area (TPSA) is 92.3 Å². The molecular weight excluding hydrogens is 444 g/mol. The van der Waals surface area contributed by atoms with Crippen molar-refractivity contribution >= 4 is 38.0 Å². The Morgan fingerprint density at radius 1 is 1.03 bits per heavy atom. The van der Waals surface area contributed by atoms with Gasteiger partial charge in [-0.15, -0.1) is 11.3 Å². The highest BCUT2D eigenvalue weighted by Crippen LogP contribution is 2.38. The summed E-state index contributed by atoms with van der Waals surface area (Å²) in [6.07, 6.45) is 4.20. The van der Waals surface area contributed by atoms with Gasteiger partial charge in [-0.1, -0.05) is 32.9 Å². The summed E-state index contributed by atoms with van der Waals surface area (Å²) in [7, 11) is -3.09. The van der Waals surface area contributed by atoms with Crippen molar-refractivity contribution in [2.75, 3.05) is 16.8 Å². The molecule has 1 aliphatic carbocycles. The lowest BCUT2D eigenvalue weighted by Crippen LogP contribution is -2.36. The van der Waals surface area contributed by atoms with E-state index in [0.717, 1.165) is 41.7 Å². The minimum atomic E-state index is -3.09. The van der Waals surface area contributed by atoms with Gasteiger partial charge in [0.25, 0.3) is 11.8 Å². The molecule has 172 valence electrons. The van der Waals surface area contributed by atoms with Crippen LogP contribution >= 0.6 is 11.3 Å². The molecule has 1 fully saturated rings. The number of carbonyl (C=O) groups is 2. The number of amides is 2. The fraction of sp³-hybridized carbons (Fsp3) is 0.500. The van der Waals surface area contributed by atoms with Crippen LogP contribution < -0.4 is 10.6 Å². The van der Waals surface area contributed by atoms with Crippen molar-refractivity contribution in [1.29, 1.82) is 0 Å². The number of benzene rings is 1. The third kappa shape index (κ3) is 4.91. The van der Waals surface area contributed by atoms with Gasteiger partial charge < -0.3 is 10.6 Å². The first kappa shape index (κ1) is 23.0. The van der Waals surface area contributed by atoms with E-state index in [-0.39, 0.29) is 34.8 Å². The second-order valence-electron chi connectivity index (χ2n) is 9.77. The van der Waals surface area contributed by atoms with Crippen molar-refractivity contribution < 1.29 is 18.0 Å². The molecule has 2 aliphatic rings. The molecular formula is C24H30N2O4S2. The van der Waals surface area contributed by atoms with Crippen molar-refractivity contribution in [2.24, 2.45) is 0 Å². The molecule has 0 unspecified atom stereocenters. The van der Waals surface area contributed by atoms with Crippen LogP contribution in [-0.4, -0.2) is 37.8 Å². The normalized spacial score (nSPS) is 19.9. The van der Waals surface area contributed by atoms with E-state index in [9.17, 15) is 18.0 Å². The number of hydrogen-bond acceptors (Lipinski definition) is 5. The molecule has 1 aromatic heterocycles. The van der Waals surface area contributed by atoms with Gasteiger partial charge in [-0.2, -0.15) is 0 Å². The Balaban J connectivity index is 1.58.